The van der Waals surface area contributed by atoms with E-state index in [0.29, 0.717) is 40.8 Å². The quantitative estimate of drug-likeness (QED) is 0.848. The standard InChI is InChI=1S/C18H23ClN4O2/c1-5-23(6-2)17(24)15-11(3)21-18(20)22-16(15)12(4)25-14-9-7-13(19)8-10-14/h7-10,12H,5-6H2,1-4H3,(H2,20,21,22). The number of ether oxygens (including phenoxy) is 1. The Morgan fingerprint density at radius 2 is 1.84 bits per heavy atom. The molecule has 1 aromatic heterocycles. The molecule has 0 fully saturated rings. The van der Waals surface area contributed by atoms with Gasteiger partial charge in [-0.1, -0.05) is 11.6 Å². The second-order valence-corrected chi connectivity index (χ2v) is 6.06. The summed E-state index contributed by atoms with van der Waals surface area (Å²) >= 11 is 5.90. The van der Waals surface area contributed by atoms with E-state index >= 15 is 0 Å². The van der Waals surface area contributed by atoms with Crippen LogP contribution in [0.15, 0.2) is 24.3 Å². The maximum atomic E-state index is 12.9. The van der Waals surface area contributed by atoms with E-state index in [9.17, 15) is 4.79 Å². The average Bonchev–Trinajstić information content (AvgIpc) is 2.57. The summed E-state index contributed by atoms with van der Waals surface area (Å²) in [5.74, 6) is 0.632. The van der Waals surface area contributed by atoms with Gasteiger partial charge in [0.25, 0.3) is 5.91 Å². The van der Waals surface area contributed by atoms with E-state index < -0.39 is 6.10 Å². The first-order valence-corrected chi connectivity index (χ1v) is 8.60. The average molecular weight is 363 g/mol. The molecule has 1 atom stereocenters. The number of hydrogen-bond donors (Lipinski definition) is 1. The maximum absolute atomic E-state index is 12.9. The fourth-order valence-electron chi connectivity index (χ4n) is 2.62. The molecule has 0 spiro atoms. The van der Waals surface area contributed by atoms with Crippen LogP contribution >= 0.6 is 11.6 Å². The molecule has 0 saturated carbocycles. The number of anilines is 1. The molecule has 6 nitrogen and oxygen atoms in total. The van der Waals surface area contributed by atoms with Crippen molar-refractivity contribution in [2.24, 2.45) is 0 Å². The van der Waals surface area contributed by atoms with E-state index in [-0.39, 0.29) is 11.9 Å². The first-order valence-electron chi connectivity index (χ1n) is 8.22. The lowest BCUT2D eigenvalue weighted by atomic mass is 10.1. The molecule has 0 aliphatic rings. The minimum absolute atomic E-state index is 0.121. The normalized spacial score (nSPS) is 11.9. The van der Waals surface area contributed by atoms with E-state index in [1.54, 1.807) is 36.1 Å². The Bertz CT molecular complexity index is 745. The van der Waals surface area contributed by atoms with Gasteiger partial charge < -0.3 is 15.4 Å². The van der Waals surface area contributed by atoms with Crippen LogP contribution < -0.4 is 10.5 Å². The van der Waals surface area contributed by atoms with Gasteiger partial charge in [0, 0.05) is 18.1 Å². The largest absolute Gasteiger partial charge is 0.484 e. The highest BCUT2D eigenvalue weighted by molar-refractivity contribution is 6.30. The third kappa shape index (κ3) is 4.39. The van der Waals surface area contributed by atoms with Gasteiger partial charge in [-0.2, -0.15) is 0 Å². The molecular weight excluding hydrogens is 340 g/mol. The van der Waals surface area contributed by atoms with Gasteiger partial charge in [0.1, 0.15) is 11.9 Å². The smallest absolute Gasteiger partial charge is 0.257 e. The summed E-state index contributed by atoms with van der Waals surface area (Å²) < 4.78 is 5.93. The maximum Gasteiger partial charge on any atom is 0.257 e. The molecule has 1 heterocycles. The molecule has 1 unspecified atom stereocenters. The molecule has 0 radical (unpaired) electrons. The topological polar surface area (TPSA) is 81.3 Å². The van der Waals surface area contributed by atoms with E-state index in [1.807, 2.05) is 20.8 Å². The molecule has 2 aromatic rings. The molecule has 1 amide bonds. The van der Waals surface area contributed by atoms with Crippen LogP contribution in [0.5, 0.6) is 5.75 Å². The molecule has 2 N–H and O–H groups in total. The lowest BCUT2D eigenvalue weighted by Crippen LogP contribution is -2.33. The summed E-state index contributed by atoms with van der Waals surface area (Å²) in [6, 6.07) is 7.01. The van der Waals surface area contributed by atoms with Crippen molar-refractivity contribution in [3.05, 3.63) is 46.2 Å². The van der Waals surface area contributed by atoms with Crippen molar-refractivity contribution >= 4 is 23.5 Å². The number of halogens is 1. The number of carbonyl (C=O) groups is 1. The molecule has 25 heavy (non-hydrogen) atoms. The lowest BCUT2D eigenvalue weighted by Gasteiger charge is -2.23. The summed E-state index contributed by atoms with van der Waals surface area (Å²) in [4.78, 5) is 23.1. The highest BCUT2D eigenvalue weighted by Crippen LogP contribution is 2.26. The van der Waals surface area contributed by atoms with Gasteiger partial charge in [-0.15, -0.1) is 0 Å². The van der Waals surface area contributed by atoms with Gasteiger partial charge in [-0.3, -0.25) is 4.79 Å². The Morgan fingerprint density at radius 3 is 2.40 bits per heavy atom. The molecular formula is C18H23ClN4O2. The molecule has 0 saturated heterocycles. The zero-order valence-electron chi connectivity index (χ0n) is 14.9. The minimum atomic E-state index is -0.473. The van der Waals surface area contributed by atoms with E-state index in [0.717, 1.165) is 0 Å². The predicted molar refractivity (Wildman–Crippen MR) is 98.9 cm³/mol. The number of benzene rings is 1. The Hall–Kier alpha value is -2.34. The second kappa shape index (κ2) is 8.16. The number of nitrogen functional groups attached to an aromatic ring is 1. The van der Waals surface area contributed by atoms with Crippen molar-refractivity contribution in [1.29, 1.82) is 0 Å². The van der Waals surface area contributed by atoms with Crippen LogP contribution in [0.25, 0.3) is 0 Å². The van der Waals surface area contributed by atoms with Crippen LogP contribution in [-0.4, -0.2) is 33.9 Å². The lowest BCUT2D eigenvalue weighted by molar-refractivity contribution is 0.0765. The van der Waals surface area contributed by atoms with E-state index in [4.69, 9.17) is 22.1 Å². The molecule has 7 heteroatoms. The van der Waals surface area contributed by atoms with Gasteiger partial charge in [0.05, 0.1) is 17.0 Å². The van der Waals surface area contributed by atoms with Crippen molar-refractivity contribution in [2.75, 3.05) is 18.8 Å². The second-order valence-electron chi connectivity index (χ2n) is 5.62. The SMILES string of the molecule is CCN(CC)C(=O)c1c(C)nc(N)nc1C(C)Oc1ccc(Cl)cc1. The van der Waals surface area contributed by atoms with Crippen molar-refractivity contribution in [2.45, 2.75) is 33.8 Å². The Balaban J connectivity index is 2.41. The molecule has 1 aromatic carbocycles. The van der Waals surface area contributed by atoms with E-state index in [1.165, 1.54) is 0 Å². The van der Waals surface area contributed by atoms with Gasteiger partial charge in [0.2, 0.25) is 5.95 Å². The van der Waals surface area contributed by atoms with E-state index in [2.05, 4.69) is 9.97 Å². The van der Waals surface area contributed by atoms with Crippen molar-refractivity contribution in [3.63, 3.8) is 0 Å². The summed E-state index contributed by atoms with van der Waals surface area (Å²) in [6.45, 7) is 8.66. The van der Waals surface area contributed by atoms with Gasteiger partial charge in [-0.05, 0) is 52.0 Å². The number of nitrogens with zero attached hydrogens (tertiary/aromatic N) is 3. The highest BCUT2D eigenvalue weighted by atomic mass is 35.5. The number of rotatable bonds is 6. The number of amides is 1. The van der Waals surface area contributed by atoms with Crippen molar-refractivity contribution < 1.29 is 9.53 Å². The highest BCUT2D eigenvalue weighted by Gasteiger charge is 2.26. The van der Waals surface area contributed by atoms with Crippen LogP contribution in [0.4, 0.5) is 5.95 Å². The summed E-state index contributed by atoms with van der Waals surface area (Å²) in [5, 5.41) is 0.625. The number of hydrogen-bond acceptors (Lipinski definition) is 5. The number of nitrogens with two attached hydrogens (primary N) is 1. The van der Waals surface area contributed by atoms with Crippen LogP contribution in [0.1, 0.15) is 48.6 Å². The van der Waals surface area contributed by atoms with Gasteiger partial charge >= 0.3 is 0 Å². The first-order chi connectivity index (χ1) is 11.9. The Labute approximate surface area is 153 Å². The van der Waals surface area contributed by atoms with Crippen LogP contribution in [-0.2, 0) is 0 Å². The first kappa shape index (κ1) is 19.0. The van der Waals surface area contributed by atoms with Crippen molar-refractivity contribution in [3.8, 4) is 5.75 Å². The predicted octanol–water partition coefficient (Wildman–Crippen LogP) is 3.64. The van der Waals surface area contributed by atoms with Gasteiger partial charge in [0.15, 0.2) is 0 Å². The zero-order valence-corrected chi connectivity index (χ0v) is 15.7. The summed E-state index contributed by atoms with van der Waals surface area (Å²) in [6.07, 6.45) is -0.473. The van der Waals surface area contributed by atoms with Crippen LogP contribution in [0, 0.1) is 6.92 Å². The fraction of sp³-hybridized carbons (Fsp3) is 0.389. The Kier molecular flexibility index (Phi) is 6.20. The molecule has 2 rings (SSSR count). The van der Waals surface area contributed by atoms with Crippen LogP contribution in [0.3, 0.4) is 0 Å². The fourth-order valence-corrected chi connectivity index (χ4v) is 2.74. The molecule has 0 aliphatic carbocycles. The minimum Gasteiger partial charge on any atom is -0.484 e. The third-order valence-corrected chi connectivity index (χ3v) is 4.16. The molecule has 0 aliphatic heterocycles. The van der Waals surface area contributed by atoms with Crippen molar-refractivity contribution in [1.82, 2.24) is 14.9 Å². The van der Waals surface area contributed by atoms with Gasteiger partial charge in [-0.25, -0.2) is 9.97 Å². The van der Waals surface area contributed by atoms with Crippen LogP contribution in [0.2, 0.25) is 5.02 Å². The monoisotopic (exact) mass is 362 g/mol. The molecule has 0 bridgehead atoms. The number of carbonyl (C=O) groups excluding carboxylic acids is 1. The Morgan fingerprint density at radius 1 is 1.24 bits per heavy atom. The molecule has 134 valence electrons. The summed E-state index contributed by atoms with van der Waals surface area (Å²) in [5.41, 5.74) is 7.27. The number of aromatic nitrogens is 2. The third-order valence-electron chi connectivity index (χ3n) is 3.91. The zero-order chi connectivity index (χ0) is 18.6. The number of aryl methyl sites for hydroxylation is 1. The summed E-state index contributed by atoms with van der Waals surface area (Å²) in [7, 11) is 0.